The van der Waals surface area contributed by atoms with Gasteiger partial charge in [0.2, 0.25) is 0 Å². The third-order valence-electron chi connectivity index (χ3n) is 2.99. The highest BCUT2D eigenvalue weighted by molar-refractivity contribution is 5.83. The highest BCUT2D eigenvalue weighted by Gasteiger charge is 2.38. The van der Waals surface area contributed by atoms with Crippen LogP contribution in [0.5, 0.6) is 0 Å². The van der Waals surface area contributed by atoms with Crippen molar-refractivity contribution >= 4 is 12.0 Å². The third-order valence-corrected chi connectivity index (χ3v) is 2.99. The summed E-state index contributed by atoms with van der Waals surface area (Å²) in [6, 6.07) is -1.78. The van der Waals surface area contributed by atoms with E-state index in [-0.39, 0.29) is 32.4 Å². The Kier molecular flexibility index (Phi) is 5.61. The maximum absolute atomic E-state index is 11.9. The lowest BCUT2D eigenvalue weighted by Crippen LogP contribution is -2.46. The fourth-order valence-electron chi connectivity index (χ4n) is 2.02. The lowest BCUT2D eigenvalue weighted by molar-refractivity contribution is -0.141. The second-order valence-corrected chi connectivity index (χ2v) is 4.70. The average Bonchev–Trinajstić information content (AvgIpc) is 2.69. The van der Waals surface area contributed by atoms with Gasteiger partial charge in [-0.15, -0.1) is 0 Å². The number of halogens is 3. The van der Waals surface area contributed by atoms with Crippen LogP contribution in [0, 0.1) is 0 Å². The zero-order valence-corrected chi connectivity index (χ0v) is 10.7. The fraction of sp³-hybridized carbons (Fsp3) is 0.818. The second-order valence-electron chi connectivity index (χ2n) is 4.70. The quantitative estimate of drug-likeness (QED) is 0.659. The van der Waals surface area contributed by atoms with Crippen LogP contribution in [0.4, 0.5) is 18.0 Å². The van der Waals surface area contributed by atoms with Gasteiger partial charge in [-0.3, -0.25) is 0 Å². The van der Waals surface area contributed by atoms with Gasteiger partial charge in [0, 0.05) is 25.9 Å². The molecule has 2 atom stereocenters. The van der Waals surface area contributed by atoms with Crippen LogP contribution in [-0.4, -0.2) is 58.5 Å². The number of hydrogen-bond donors (Lipinski definition) is 3. The molecule has 1 heterocycles. The van der Waals surface area contributed by atoms with Crippen LogP contribution >= 0.6 is 0 Å². The lowest BCUT2D eigenvalue weighted by Gasteiger charge is -2.21. The largest absolute Gasteiger partial charge is 0.480 e. The van der Waals surface area contributed by atoms with Gasteiger partial charge in [0.15, 0.2) is 0 Å². The van der Waals surface area contributed by atoms with Gasteiger partial charge in [0.05, 0.1) is 6.10 Å². The number of rotatable bonds is 5. The SMILES string of the molecule is O=C(O)[C@@H]1CC(O)CN1C(=O)NCCCCC(F)(F)F. The van der Waals surface area contributed by atoms with Crippen LogP contribution in [0.2, 0.25) is 0 Å². The topological polar surface area (TPSA) is 89.9 Å². The molecule has 9 heteroatoms. The molecule has 0 saturated carbocycles. The van der Waals surface area contributed by atoms with Gasteiger partial charge in [0.25, 0.3) is 0 Å². The summed E-state index contributed by atoms with van der Waals surface area (Å²) in [6.07, 6.45) is -6.02. The molecule has 0 aromatic carbocycles. The number of carbonyl (C=O) groups is 2. The van der Waals surface area contributed by atoms with Crippen molar-refractivity contribution < 1.29 is 33.0 Å². The Morgan fingerprint density at radius 1 is 1.30 bits per heavy atom. The molecule has 3 N–H and O–H groups in total. The summed E-state index contributed by atoms with van der Waals surface area (Å²) >= 11 is 0. The van der Waals surface area contributed by atoms with Crippen LogP contribution < -0.4 is 5.32 Å². The summed E-state index contributed by atoms with van der Waals surface area (Å²) in [5.74, 6) is -1.21. The van der Waals surface area contributed by atoms with E-state index in [1.807, 2.05) is 0 Å². The predicted molar refractivity (Wildman–Crippen MR) is 62.1 cm³/mol. The van der Waals surface area contributed by atoms with Gasteiger partial charge in [0.1, 0.15) is 6.04 Å². The number of carbonyl (C=O) groups excluding carboxylic acids is 1. The van der Waals surface area contributed by atoms with Gasteiger partial charge in [-0.1, -0.05) is 0 Å². The average molecular weight is 298 g/mol. The van der Waals surface area contributed by atoms with Crippen LogP contribution in [-0.2, 0) is 4.79 Å². The predicted octanol–water partition coefficient (Wildman–Crippen LogP) is 0.948. The van der Waals surface area contributed by atoms with E-state index in [0.717, 1.165) is 4.90 Å². The molecule has 2 amide bonds. The van der Waals surface area contributed by atoms with Crippen molar-refractivity contribution in [2.45, 2.75) is 44.0 Å². The van der Waals surface area contributed by atoms with E-state index < -0.39 is 36.7 Å². The van der Waals surface area contributed by atoms with E-state index in [1.54, 1.807) is 0 Å². The van der Waals surface area contributed by atoms with Crippen molar-refractivity contribution in [3.63, 3.8) is 0 Å². The second kappa shape index (κ2) is 6.78. The summed E-state index contributed by atoms with van der Waals surface area (Å²) in [4.78, 5) is 23.6. The van der Waals surface area contributed by atoms with Gasteiger partial charge in [-0.2, -0.15) is 13.2 Å². The first-order chi connectivity index (χ1) is 9.20. The van der Waals surface area contributed by atoms with Crippen LogP contribution in [0.1, 0.15) is 25.7 Å². The number of aliphatic carboxylic acids is 1. The molecule has 0 aromatic rings. The van der Waals surface area contributed by atoms with Crippen LogP contribution in [0.15, 0.2) is 0 Å². The molecule has 1 unspecified atom stereocenters. The highest BCUT2D eigenvalue weighted by atomic mass is 19.4. The van der Waals surface area contributed by atoms with Crippen LogP contribution in [0.25, 0.3) is 0 Å². The zero-order chi connectivity index (χ0) is 15.3. The Hall–Kier alpha value is -1.51. The minimum absolute atomic E-state index is 0.0356. The van der Waals surface area contributed by atoms with E-state index in [0.29, 0.717) is 0 Å². The number of likely N-dealkylation sites (tertiary alicyclic amines) is 1. The summed E-state index contributed by atoms with van der Waals surface area (Å²) in [5, 5.41) is 20.6. The normalized spacial score (nSPS) is 22.9. The molecule has 116 valence electrons. The van der Waals surface area contributed by atoms with Crippen molar-refractivity contribution in [1.29, 1.82) is 0 Å². The number of β-amino-alcohol motifs (C(OH)–C–C–N with tert-alkyl or cyclic N) is 1. The number of alkyl halides is 3. The minimum Gasteiger partial charge on any atom is -0.480 e. The molecular formula is C11H17F3N2O4. The first-order valence-corrected chi connectivity index (χ1v) is 6.23. The first kappa shape index (κ1) is 16.5. The third kappa shape index (κ3) is 5.24. The molecule has 1 rings (SSSR count). The summed E-state index contributed by atoms with van der Waals surface area (Å²) in [6.45, 7) is -0.0564. The molecule has 1 aliphatic rings. The minimum atomic E-state index is -4.21. The van der Waals surface area contributed by atoms with Crippen molar-refractivity contribution in [3.8, 4) is 0 Å². The van der Waals surface area contributed by atoms with E-state index in [4.69, 9.17) is 5.11 Å². The lowest BCUT2D eigenvalue weighted by atomic mass is 10.2. The molecule has 1 aliphatic heterocycles. The number of nitrogens with zero attached hydrogens (tertiary/aromatic N) is 1. The monoisotopic (exact) mass is 298 g/mol. The summed E-state index contributed by atoms with van der Waals surface area (Å²) in [7, 11) is 0. The zero-order valence-electron chi connectivity index (χ0n) is 10.7. The van der Waals surface area contributed by atoms with Crippen molar-refractivity contribution in [3.05, 3.63) is 0 Å². The van der Waals surface area contributed by atoms with Gasteiger partial charge >= 0.3 is 18.2 Å². The molecule has 6 nitrogen and oxygen atoms in total. The number of aliphatic hydroxyl groups is 1. The van der Waals surface area contributed by atoms with Gasteiger partial charge in [-0.05, 0) is 12.8 Å². The summed E-state index contributed by atoms with van der Waals surface area (Å²) in [5.41, 5.74) is 0. The van der Waals surface area contributed by atoms with Gasteiger partial charge < -0.3 is 20.4 Å². The Labute approximate surface area is 113 Å². The number of aliphatic hydroxyl groups excluding tert-OH is 1. The Bertz CT molecular complexity index is 362. The van der Waals surface area contributed by atoms with E-state index in [1.165, 1.54) is 0 Å². The highest BCUT2D eigenvalue weighted by Crippen LogP contribution is 2.22. The van der Waals surface area contributed by atoms with E-state index >= 15 is 0 Å². The Balaban J connectivity index is 2.30. The number of carboxylic acids is 1. The van der Waals surface area contributed by atoms with Crippen molar-refractivity contribution in [1.82, 2.24) is 10.2 Å². The number of nitrogens with one attached hydrogen (secondary N) is 1. The number of unbranched alkanes of at least 4 members (excludes halogenated alkanes) is 1. The Morgan fingerprint density at radius 2 is 1.95 bits per heavy atom. The summed E-state index contributed by atoms with van der Waals surface area (Å²) < 4.78 is 35.6. The van der Waals surface area contributed by atoms with Crippen molar-refractivity contribution in [2.24, 2.45) is 0 Å². The van der Waals surface area contributed by atoms with E-state index in [9.17, 15) is 27.9 Å². The molecule has 0 aliphatic carbocycles. The smallest absolute Gasteiger partial charge is 0.389 e. The fourth-order valence-corrected chi connectivity index (χ4v) is 2.02. The maximum Gasteiger partial charge on any atom is 0.389 e. The van der Waals surface area contributed by atoms with Crippen molar-refractivity contribution in [2.75, 3.05) is 13.1 Å². The molecule has 20 heavy (non-hydrogen) atoms. The van der Waals surface area contributed by atoms with E-state index in [2.05, 4.69) is 5.32 Å². The number of amides is 2. The Morgan fingerprint density at radius 3 is 2.50 bits per heavy atom. The van der Waals surface area contributed by atoms with Crippen LogP contribution in [0.3, 0.4) is 0 Å². The molecule has 1 saturated heterocycles. The molecule has 1 fully saturated rings. The number of urea groups is 1. The molecule has 0 spiro atoms. The number of carboxylic acid groups (broad SMARTS) is 1. The molecule has 0 bridgehead atoms. The number of hydrogen-bond acceptors (Lipinski definition) is 3. The first-order valence-electron chi connectivity index (χ1n) is 6.23. The molecule has 0 aromatic heterocycles. The maximum atomic E-state index is 11.9. The molecular weight excluding hydrogens is 281 g/mol. The molecule has 0 radical (unpaired) electrons. The standard InChI is InChI=1S/C11H17F3N2O4/c12-11(13,14)3-1-2-4-15-10(20)16-6-7(17)5-8(16)9(18)19/h7-8,17H,1-6H2,(H,15,20)(H,18,19)/t7?,8-/m0/s1. The van der Waals surface area contributed by atoms with Gasteiger partial charge in [-0.25, -0.2) is 9.59 Å².